The number of amides is 1. The molecule has 0 radical (unpaired) electrons. The van der Waals surface area contributed by atoms with Crippen LogP contribution in [0.3, 0.4) is 0 Å². The highest BCUT2D eigenvalue weighted by molar-refractivity contribution is 6.05. The second-order valence-corrected chi connectivity index (χ2v) is 7.02. The molecule has 1 aromatic carbocycles. The molecule has 1 unspecified atom stereocenters. The lowest BCUT2D eigenvalue weighted by molar-refractivity contribution is 0.0514. The van der Waals surface area contributed by atoms with Crippen LogP contribution in [0.2, 0.25) is 0 Å². The maximum atomic E-state index is 13.2. The highest BCUT2D eigenvalue weighted by Gasteiger charge is 2.28. The minimum absolute atomic E-state index is 0.0878. The van der Waals surface area contributed by atoms with Gasteiger partial charge in [0, 0.05) is 36.7 Å². The summed E-state index contributed by atoms with van der Waals surface area (Å²) in [7, 11) is 0. The lowest BCUT2D eigenvalue weighted by Gasteiger charge is -2.31. The van der Waals surface area contributed by atoms with Crippen molar-refractivity contribution in [2.75, 3.05) is 13.2 Å². The van der Waals surface area contributed by atoms with Gasteiger partial charge < -0.3 is 10.1 Å². The second-order valence-electron chi connectivity index (χ2n) is 7.02. The number of pyridine rings is 2. The van der Waals surface area contributed by atoms with E-state index in [1.54, 1.807) is 6.20 Å². The van der Waals surface area contributed by atoms with E-state index in [1.165, 1.54) is 0 Å². The summed E-state index contributed by atoms with van der Waals surface area (Å²) in [5, 5.41) is 4.23. The Morgan fingerprint density at radius 3 is 2.78 bits per heavy atom. The van der Waals surface area contributed by atoms with E-state index in [1.807, 2.05) is 55.6 Å². The monoisotopic (exact) mass is 361 g/mol. The number of carbonyl (C=O) groups is 1. The molecule has 1 amide bonds. The van der Waals surface area contributed by atoms with Gasteiger partial charge in [-0.15, -0.1) is 0 Å². The number of nitrogens with zero attached hydrogens (tertiary/aromatic N) is 2. The topological polar surface area (TPSA) is 64.1 Å². The Bertz CT molecular complexity index is 937. The van der Waals surface area contributed by atoms with Crippen LogP contribution in [-0.4, -0.2) is 29.1 Å². The van der Waals surface area contributed by atoms with Crippen LogP contribution in [0, 0.1) is 12.8 Å². The zero-order valence-corrected chi connectivity index (χ0v) is 15.4. The Morgan fingerprint density at radius 2 is 2.00 bits per heavy atom. The van der Waals surface area contributed by atoms with Crippen molar-refractivity contribution in [1.82, 2.24) is 15.3 Å². The molecule has 0 spiro atoms. The average molecular weight is 361 g/mol. The second kappa shape index (κ2) is 7.84. The molecule has 1 saturated heterocycles. The molecular formula is C22H23N3O2. The van der Waals surface area contributed by atoms with E-state index in [0.29, 0.717) is 11.5 Å². The minimum atomic E-state index is -0.0981. The van der Waals surface area contributed by atoms with Gasteiger partial charge in [0.1, 0.15) is 0 Å². The molecule has 0 bridgehead atoms. The predicted octanol–water partition coefficient (Wildman–Crippen LogP) is 3.84. The van der Waals surface area contributed by atoms with Crippen LogP contribution in [-0.2, 0) is 4.74 Å². The van der Waals surface area contributed by atoms with Gasteiger partial charge in [-0.3, -0.25) is 14.8 Å². The van der Waals surface area contributed by atoms with Crippen molar-refractivity contribution in [3.05, 3.63) is 71.7 Å². The molecule has 0 aliphatic carbocycles. The van der Waals surface area contributed by atoms with Crippen LogP contribution in [0.5, 0.6) is 0 Å². The van der Waals surface area contributed by atoms with Gasteiger partial charge in [-0.2, -0.15) is 0 Å². The van der Waals surface area contributed by atoms with Gasteiger partial charge in [0.2, 0.25) is 0 Å². The Morgan fingerprint density at radius 1 is 1.15 bits per heavy atom. The summed E-state index contributed by atoms with van der Waals surface area (Å²) in [4.78, 5) is 22.0. The maximum absolute atomic E-state index is 13.2. The number of para-hydroxylation sites is 1. The molecule has 1 aliphatic rings. The Labute approximate surface area is 158 Å². The van der Waals surface area contributed by atoms with Crippen molar-refractivity contribution in [2.45, 2.75) is 25.8 Å². The van der Waals surface area contributed by atoms with Crippen molar-refractivity contribution in [1.29, 1.82) is 0 Å². The largest absolute Gasteiger partial charge is 0.381 e. The lowest BCUT2D eigenvalue weighted by Crippen LogP contribution is -2.36. The number of fused-ring (bicyclic) bond motifs is 1. The smallest absolute Gasteiger partial charge is 0.253 e. The fraction of sp³-hybridized carbons (Fsp3) is 0.318. The zero-order chi connectivity index (χ0) is 18.6. The number of benzene rings is 1. The molecule has 0 saturated carbocycles. The van der Waals surface area contributed by atoms with Gasteiger partial charge in [0.05, 0.1) is 17.1 Å². The maximum Gasteiger partial charge on any atom is 0.253 e. The predicted molar refractivity (Wildman–Crippen MR) is 104 cm³/mol. The number of nitrogens with one attached hydrogen (secondary N) is 1. The summed E-state index contributed by atoms with van der Waals surface area (Å²) in [6.07, 6.45) is 5.44. The molecule has 4 rings (SSSR count). The van der Waals surface area contributed by atoms with Gasteiger partial charge in [-0.25, -0.2) is 0 Å². The van der Waals surface area contributed by atoms with Crippen molar-refractivity contribution in [2.24, 2.45) is 5.92 Å². The SMILES string of the molecule is Cc1ccc2cccc(C(=O)NC(c3cccnc3)C3CCOCC3)c2n1. The van der Waals surface area contributed by atoms with Crippen LogP contribution in [0.25, 0.3) is 10.9 Å². The molecule has 1 atom stereocenters. The molecule has 27 heavy (non-hydrogen) atoms. The Balaban J connectivity index is 1.67. The third-order valence-electron chi connectivity index (χ3n) is 5.17. The van der Waals surface area contributed by atoms with Crippen molar-refractivity contribution in [3.8, 4) is 0 Å². The summed E-state index contributed by atoms with van der Waals surface area (Å²) < 4.78 is 5.51. The van der Waals surface area contributed by atoms with Gasteiger partial charge in [0.15, 0.2) is 0 Å². The van der Waals surface area contributed by atoms with E-state index in [9.17, 15) is 4.79 Å². The third-order valence-corrected chi connectivity index (χ3v) is 5.17. The molecule has 5 nitrogen and oxygen atoms in total. The van der Waals surface area contributed by atoms with E-state index >= 15 is 0 Å². The highest BCUT2D eigenvalue weighted by Crippen LogP contribution is 2.30. The summed E-state index contributed by atoms with van der Waals surface area (Å²) in [5.74, 6) is 0.232. The van der Waals surface area contributed by atoms with E-state index in [0.717, 1.165) is 48.2 Å². The molecule has 1 fully saturated rings. The molecule has 138 valence electrons. The molecule has 5 heteroatoms. The number of hydrogen-bond donors (Lipinski definition) is 1. The van der Waals surface area contributed by atoms with Gasteiger partial charge in [0.25, 0.3) is 5.91 Å². The normalized spacial score (nSPS) is 16.2. The van der Waals surface area contributed by atoms with Crippen molar-refractivity contribution in [3.63, 3.8) is 0 Å². The Hall–Kier alpha value is -2.79. The lowest BCUT2D eigenvalue weighted by atomic mass is 9.87. The van der Waals surface area contributed by atoms with Crippen LogP contribution < -0.4 is 5.32 Å². The van der Waals surface area contributed by atoms with Crippen molar-refractivity contribution >= 4 is 16.8 Å². The summed E-state index contributed by atoms with van der Waals surface area (Å²) in [6, 6.07) is 13.5. The fourth-order valence-corrected chi connectivity index (χ4v) is 3.73. The zero-order valence-electron chi connectivity index (χ0n) is 15.4. The first-order valence-electron chi connectivity index (χ1n) is 9.37. The molecule has 3 aromatic rings. The number of carbonyl (C=O) groups excluding carboxylic acids is 1. The molecular weight excluding hydrogens is 338 g/mol. The van der Waals surface area contributed by atoms with Crippen LogP contribution in [0.15, 0.2) is 54.9 Å². The third kappa shape index (κ3) is 3.83. The van der Waals surface area contributed by atoms with Gasteiger partial charge in [-0.05, 0) is 49.4 Å². The molecule has 3 heterocycles. The van der Waals surface area contributed by atoms with Crippen LogP contribution in [0.4, 0.5) is 0 Å². The molecule has 1 aliphatic heterocycles. The van der Waals surface area contributed by atoms with Crippen LogP contribution in [0.1, 0.15) is 40.5 Å². The van der Waals surface area contributed by atoms with Crippen molar-refractivity contribution < 1.29 is 9.53 Å². The minimum Gasteiger partial charge on any atom is -0.381 e. The first kappa shape index (κ1) is 17.6. The van der Waals surface area contributed by atoms with E-state index < -0.39 is 0 Å². The van der Waals surface area contributed by atoms with E-state index in [2.05, 4.69) is 15.3 Å². The first-order chi connectivity index (χ1) is 13.2. The summed E-state index contributed by atoms with van der Waals surface area (Å²) >= 11 is 0. The number of aromatic nitrogens is 2. The quantitative estimate of drug-likeness (QED) is 0.767. The number of rotatable bonds is 4. The van der Waals surface area contributed by atoms with Crippen LogP contribution >= 0.6 is 0 Å². The molecule has 1 N–H and O–H groups in total. The first-order valence-corrected chi connectivity index (χ1v) is 9.37. The van der Waals surface area contributed by atoms with Gasteiger partial charge in [-0.1, -0.05) is 24.3 Å². The Kier molecular flexibility index (Phi) is 5.12. The standard InChI is InChI=1S/C22H23N3O2/c1-15-7-8-16-4-2-6-19(21(16)24-15)22(26)25-20(17-9-12-27-13-10-17)18-5-3-11-23-14-18/h2-8,11,14,17,20H,9-10,12-13H2,1H3,(H,25,26). The average Bonchev–Trinajstić information content (AvgIpc) is 2.72. The summed E-state index contributed by atoms with van der Waals surface area (Å²) in [5.41, 5.74) is 3.28. The highest BCUT2D eigenvalue weighted by atomic mass is 16.5. The molecule has 2 aromatic heterocycles. The van der Waals surface area contributed by atoms with E-state index in [4.69, 9.17) is 4.74 Å². The fourth-order valence-electron chi connectivity index (χ4n) is 3.73. The number of aryl methyl sites for hydroxylation is 1. The van der Waals surface area contributed by atoms with E-state index in [-0.39, 0.29) is 11.9 Å². The van der Waals surface area contributed by atoms with Gasteiger partial charge >= 0.3 is 0 Å². The number of ether oxygens (including phenoxy) is 1. The summed E-state index contributed by atoms with van der Waals surface area (Å²) in [6.45, 7) is 3.40. The number of hydrogen-bond acceptors (Lipinski definition) is 4.